The van der Waals surface area contributed by atoms with Crippen molar-refractivity contribution in [2.45, 2.75) is 6.92 Å². The highest BCUT2D eigenvalue weighted by Crippen LogP contribution is 2.24. The van der Waals surface area contributed by atoms with Crippen LogP contribution >= 0.6 is 46.0 Å². The molecule has 0 aromatic heterocycles. The molecule has 12 heavy (non-hydrogen) atoms. The van der Waals surface area contributed by atoms with Crippen molar-refractivity contribution in [3.05, 3.63) is 0 Å². The Morgan fingerprint density at radius 3 is 2.42 bits per heavy atom. The average molecular weight is 240 g/mol. The highest BCUT2D eigenvalue weighted by molar-refractivity contribution is 8.89. The minimum Gasteiger partial charge on any atom is -0.373 e. The van der Waals surface area contributed by atoms with Crippen LogP contribution in [0.1, 0.15) is 6.92 Å². The standard InChI is InChI=1S/C6H12N2S4/c1-4-8(3)6(10)12-11-5(9)7-2/h4H2,1-3H3,(H,7,9). The van der Waals surface area contributed by atoms with E-state index in [2.05, 4.69) is 12.2 Å². The zero-order valence-electron chi connectivity index (χ0n) is 7.29. The third-order valence-corrected chi connectivity index (χ3v) is 4.94. The number of hydrogen-bond donors (Lipinski definition) is 1. The Labute approximate surface area is 92.2 Å². The van der Waals surface area contributed by atoms with Crippen LogP contribution in [0.4, 0.5) is 0 Å². The van der Waals surface area contributed by atoms with Gasteiger partial charge in [-0.25, -0.2) is 0 Å². The summed E-state index contributed by atoms with van der Waals surface area (Å²) >= 11 is 10.1. The van der Waals surface area contributed by atoms with Crippen molar-refractivity contribution in [3.63, 3.8) is 0 Å². The van der Waals surface area contributed by atoms with E-state index in [0.717, 1.165) is 15.2 Å². The van der Waals surface area contributed by atoms with Crippen LogP contribution in [-0.2, 0) is 0 Å². The van der Waals surface area contributed by atoms with Gasteiger partial charge in [-0.05, 0) is 28.5 Å². The summed E-state index contributed by atoms with van der Waals surface area (Å²) in [5.74, 6) is 0. The molecule has 0 atom stereocenters. The molecule has 0 spiro atoms. The first kappa shape index (κ1) is 12.5. The first-order chi connectivity index (χ1) is 5.61. The number of hydrogen-bond acceptors (Lipinski definition) is 4. The van der Waals surface area contributed by atoms with Crippen LogP contribution in [0.2, 0.25) is 0 Å². The maximum atomic E-state index is 5.12. The van der Waals surface area contributed by atoms with E-state index in [1.807, 2.05) is 19.0 Å². The van der Waals surface area contributed by atoms with Crippen LogP contribution in [0.5, 0.6) is 0 Å². The molecule has 0 saturated carbocycles. The van der Waals surface area contributed by atoms with Crippen LogP contribution in [0, 0.1) is 0 Å². The van der Waals surface area contributed by atoms with Crippen LogP contribution < -0.4 is 5.32 Å². The fraction of sp³-hybridized carbons (Fsp3) is 0.667. The molecular formula is C6H12N2S4. The van der Waals surface area contributed by atoms with Crippen molar-refractivity contribution in [1.29, 1.82) is 0 Å². The Hall–Kier alpha value is 0.480. The van der Waals surface area contributed by atoms with E-state index in [9.17, 15) is 0 Å². The first-order valence-corrected chi connectivity index (χ1v) is 6.39. The van der Waals surface area contributed by atoms with Gasteiger partial charge >= 0.3 is 0 Å². The monoisotopic (exact) mass is 240 g/mol. The van der Waals surface area contributed by atoms with Crippen LogP contribution in [0.3, 0.4) is 0 Å². The van der Waals surface area contributed by atoms with Gasteiger partial charge in [-0.2, -0.15) is 0 Å². The second kappa shape index (κ2) is 6.94. The Balaban J connectivity index is 3.64. The van der Waals surface area contributed by atoms with E-state index in [-0.39, 0.29) is 0 Å². The van der Waals surface area contributed by atoms with Gasteiger partial charge in [0.05, 0.1) is 0 Å². The fourth-order valence-corrected chi connectivity index (χ4v) is 2.61. The number of nitrogens with zero attached hydrogens (tertiary/aromatic N) is 1. The van der Waals surface area contributed by atoms with Crippen molar-refractivity contribution in [1.82, 2.24) is 10.2 Å². The lowest BCUT2D eigenvalue weighted by Gasteiger charge is -2.15. The molecule has 0 aromatic carbocycles. The molecule has 0 aliphatic rings. The van der Waals surface area contributed by atoms with Crippen LogP contribution in [0.15, 0.2) is 0 Å². The van der Waals surface area contributed by atoms with Gasteiger partial charge in [0, 0.05) is 20.6 Å². The summed E-state index contributed by atoms with van der Waals surface area (Å²) in [4.78, 5) is 2.01. The second-order valence-corrected chi connectivity index (χ2v) is 5.42. The smallest absolute Gasteiger partial charge is 0.147 e. The summed E-state index contributed by atoms with van der Waals surface area (Å²) in [5.41, 5.74) is 0. The van der Waals surface area contributed by atoms with Gasteiger partial charge in [0.15, 0.2) is 0 Å². The van der Waals surface area contributed by atoms with Gasteiger partial charge in [-0.15, -0.1) is 0 Å². The third kappa shape index (κ3) is 5.18. The molecule has 0 amide bonds. The fourth-order valence-electron chi connectivity index (χ4n) is 0.308. The minimum absolute atomic E-state index is 0.756. The van der Waals surface area contributed by atoms with E-state index in [0.29, 0.717) is 0 Å². The molecule has 0 fully saturated rings. The molecule has 1 N–H and O–H groups in total. The molecule has 70 valence electrons. The molecule has 0 radical (unpaired) electrons. The summed E-state index contributed by atoms with van der Waals surface area (Å²) in [5, 5.41) is 2.87. The third-order valence-electron chi connectivity index (χ3n) is 1.18. The molecule has 0 aromatic rings. The molecule has 6 heteroatoms. The summed E-state index contributed by atoms with van der Waals surface area (Å²) in [6, 6.07) is 0. The van der Waals surface area contributed by atoms with E-state index in [1.54, 1.807) is 0 Å². The Morgan fingerprint density at radius 1 is 1.42 bits per heavy atom. The lowest BCUT2D eigenvalue weighted by Crippen LogP contribution is -2.21. The van der Waals surface area contributed by atoms with Crippen molar-refractivity contribution < 1.29 is 0 Å². The lowest BCUT2D eigenvalue weighted by atomic mass is 10.7. The maximum absolute atomic E-state index is 5.12. The van der Waals surface area contributed by atoms with Gasteiger partial charge in [0.1, 0.15) is 8.64 Å². The van der Waals surface area contributed by atoms with Gasteiger partial charge in [-0.3, -0.25) is 0 Å². The molecule has 0 saturated heterocycles. The number of thiocarbonyl (C=S) groups is 2. The van der Waals surface area contributed by atoms with Crippen molar-refractivity contribution >= 4 is 54.7 Å². The highest BCUT2D eigenvalue weighted by Gasteiger charge is 2.04. The lowest BCUT2D eigenvalue weighted by molar-refractivity contribution is 0.555. The molecule has 0 rings (SSSR count). The SMILES string of the molecule is CCN(C)C(=S)SSC(=S)NC. The molecular weight excluding hydrogens is 228 g/mol. The summed E-state index contributed by atoms with van der Waals surface area (Å²) in [6.07, 6.45) is 0. The zero-order chi connectivity index (χ0) is 9.56. The van der Waals surface area contributed by atoms with Crippen molar-refractivity contribution in [3.8, 4) is 0 Å². The predicted molar refractivity (Wildman–Crippen MR) is 67.7 cm³/mol. The largest absolute Gasteiger partial charge is 0.373 e. The van der Waals surface area contributed by atoms with E-state index in [1.165, 1.54) is 21.6 Å². The van der Waals surface area contributed by atoms with Gasteiger partial charge in [0.25, 0.3) is 0 Å². The maximum Gasteiger partial charge on any atom is 0.147 e. The first-order valence-electron chi connectivity index (χ1n) is 3.43. The van der Waals surface area contributed by atoms with Crippen molar-refractivity contribution in [2.75, 3.05) is 20.6 Å². The second-order valence-electron chi connectivity index (χ2n) is 1.98. The molecule has 2 nitrogen and oxygen atoms in total. The minimum atomic E-state index is 0.756. The number of nitrogens with one attached hydrogen (secondary N) is 1. The number of rotatable bonds is 1. The molecule has 0 aliphatic carbocycles. The Kier molecular flexibility index (Phi) is 7.22. The zero-order valence-corrected chi connectivity index (χ0v) is 10.6. The molecule has 0 bridgehead atoms. The Morgan fingerprint density at radius 2 is 2.00 bits per heavy atom. The highest BCUT2D eigenvalue weighted by atomic mass is 33.1. The summed E-state index contributed by atoms with van der Waals surface area (Å²) in [7, 11) is 6.77. The molecule has 0 heterocycles. The topological polar surface area (TPSA) is 15.3 Å². The van der Waals surface area contributed by atoms with Crippen molar-refractivity contribution in [2.24, 2.45) is 0 Å². The van der Waals surface area contributed by atoms with E-state index in [4.69, 9.17) is 24.4 Å². The predicted octanol–water partition coefficient (Wildman–Crippen LogP) is 2.11. The average Bonchev–Trinajstić information content (AvgIpc) is 2.11. The molecule has 0 unspecified atom stereocenters. The Bertz CT molecular complexity index is 171. The van der Waals surface area contributed by atoms with E-state index >= 15 is 0 Å². The van der Waals surface area contributed by atoms with E-state index < -0.39 is 0 Å². The summed E-state index contributed by atoms with van der Waals surface area (Å²) < 4.78 is 1.62. The van der Waals surface area contributed by atoms with Crippen LogP contribution in [-0.4, -0.2) is 34.2 Å². The van der Waals surface area contributed by atoms with Gasteiger partial charge < -0.3 is 10.2 Å². The van der Waals surface area contributed by atoms with Gasteiger partial charge in [0.2, 0.25) is 0 Å². The van der Waals surface area contributed by atoms with Gasteiger partial charge in [-0.1, -0.05) is 24.4 Å². The molecule has 0 aliphatic heterocycles. The van der Waals surface area contributed by atoms with Crippen LogP contribution in [0.25, 0.3) is 0 Å². The summed E-state index contributed by atoms with van der Waals surface area (Å²) in [6.45, 7) is 2.99. The quantitative estimate of drug-likeness (QED) is 0.554. The normalized spacial score (nSPS) is 9.25.